The Kier molecular flexibility index (Phi) is 4.17. The van der Waals surface area contributed by atoms with Crippen LogP contribution >= 0.6 is 0 Å². The number of phenolic OH excluding ortho intramolecular Hbond substituents is 1. The Morgan fingerprint density at radius 1 is 1.35 bits per heavy atom. The van der Waals surface area contributed by atoms with E-state index in [0.29, 0.717) is 0 Å². The second kappa shape index (κ2) is 5.22. The molecule has 0 saturated carbocycles. The maximum absolute atomic E-state index is 10.4. The summed E-state index contributed by atoms with van der Waals surface area (Å²) in [5, 5.41) is 18.4. The second-order valence-electron chi connectivity index (χ2n) is 5.19. The van der Waals surface area contributed by atoms with Crippen molar-refractivity contribution in [1.82, 2.24) is 0 Å². The first-order valence-electron chi connectivity index (χ1n) is 5.51. The van der Waals surface area contributed by atoms with Crippen molar-refractivity contribution in [3.8, 4) is 11.5 Å². The summed E-state index contributed by atoms with van der Waals surface area (Å²) in [5.41, 5.74) is 0.742. The highest BCUT2D eigenvalue weighted by Gasteiger charge is 2.16. The number of ether oxygens (including phenoxy) is 1. The van der Waals surface area contributed by atoms with E-state index >= 15 is 0 Å². The third kappa shape index (κ3) is 4.48. The van der Waals surface area contributed by atoms with Crippen LogP contribution in [0.25, 0.3) is 0 Å². The lowest BCUT2D eigenvalue weighted by atomic mass is 10.1. The molecule has 0 fully saturated rings. The summed E-state index contributed by atoms with van der Waals surface area (Å²) in [6, 6.07) is 5.97. The molecule has 0 saturated heterocycles. The van der Waals surface area contributed by atoms with Crippen molar-refractivity contribution in [3.63, 3.8) is 0 Å². The first-order valence-corrected chi connectivity index (χ1v) is 9.22. The fourth-order valence-corrected chi connectivity index (χ4v) is 2.47. The molecule has 94 valence electrons. The highest BCUT2D eigenvalue weighted by Crippen LogP contribution is 2.31. The standard InChI is InChI=1S/C12H18O4Si/c1-17(2,3)8-7-9-5-4-6-10(11(9)13)16-12(14)15/h4-6,13H,7-8H2,1-3H3,(H,14,15). The largest absolute Gasteiger partial charge is 0.511 e. The minimum absolute atomic E-state index is 0.00516. The fraction of sp³-hybridized carbons (Fsp3) is 0.417. The van der Waals surface area contributed by atoms with Gasteiger partial charge < -0.3 is 14.9 Å². The Morgan fingerprint density at radius 3 is 2.53 bits per heavy atom. The number of aryl methyl sites for hydroxylation is 1. The molecule has 0 aliphatic heterocycles. The highest BCUT2D eigenvalue weighted by atomic mass is 28.3. The van der Waals surface area contributed by atoms with Gasteiger partial charge in [-0.1, -0.05) is 37.8 Å². The van der Waals surface area contributed by atoms with Crippen LogP contribution in [0.5, 0.6) is 11.5 Å². The van der Waals surface area contributed by atoms with E-state index in [1.165, 1.54) is 6.07 Å². The Hall–Kier alpha value is -1.49. The van der Waals surface area contributed by atoms with Crippen molar-refractivity contribution in [2.75, 3.05) is 0 Å². The Morgan fingerprint density at radius 2 is 2.00 bits per heavy atom. The minimum Gasteiger partial charge on any atom is -0.504 e. The highest BCUT2D eigenvalue weighted by molar-refractivity contribution is 6.76. The fourth-order valence-electron chi connectivity index (χ4n) is 1.46. The van der Waals surface area contributed by atoms with Gasteiger partial charge in [-0.15, -0.1) is 0 Å². The third-order valence-corrected chi connectivity index (χ3v) is 4.17. The maximum Gasteiger partial charge on any atom is 0.511 e. The summed E-state index contributed by atoms with van der Waals surface area (Å²) in [6.45, 7) is 6.75. The Bertz CT molecular complexity index is 409. The maximum atomic E-state index is 10.4. The molecule has 0 atom stereocenters. The number of benzene rings is 1. The van der Waals surface area contributed by atoms with Crippen molar-refractivity contribution in [2.45, 2.75) is 32.1 Å². The molecule has 0 aliphatic rings. The van der Waals surface area contributed by atoms with Crippen LogP contribution in [0.4, 0.5) is 4.79 Å². The normalized spacial score (nSPS) is 11.2. The van der Waals surface area contributed by atoms with Gasteiger partial charge in [0.25, 0.3) is 0 Å². The van der Waals surface area contributed by atoms with Crippen LogP contribution in [0, 0.1) is 0 Å². The van der Waals surface area contributed by atoms with Crippen LogP contribution in [0.1, 0.15) is 5.56 Å². The topological polar surface area (TPSA) is 66.8 Å². The number of hydrogen-bond donors (Lipinski definition) is 2. The molecule has 0 amide bonds. The van der Waals surface area contributed by atoms with Crippen LogP contribution in [-0.4, -0.2) is 24.4 Å². The van der Waals surface area contributed by atoms with Crippen molar-refractivity contribution >= 4 is 14.2 Å². The van der Waals surface area contributed by atoms with Crippen LogP contribution in [-0.2, 0) is 6.42 Å². The molecular formula is C12H18O4Si. The van der Waals surface area contributed by atoms with Gasteiger partial charge in [0, 0.05) is 8.07 Å². The molecule has 1 rings (SSSR count). The molecule has 2 N–H and O–H groups in total. The van der Waals surface area contributed by atoms with Gasteiger partial charge in [-0.2, -0.15) is 0 Å². The molecule has 4 nitrogen and oxygen atoms in total. The van der Waals surface area contributed by atoms with E-state index < -0.39 is 14.2 Å². The van der Waals surface area contributed by atoms with E-state index in [0.717, 1.165) is 18.0 Å². The Labute approximate surface area is 102 Å². The SMILES string of the molecule is C[Si](C)(C)CCc1cccc(OC(=O)O)c1O. The number of hydrogen-bond acceptors (Lipinski definition) is 3. The van der Waals surface area contributed by atoms with Gasteiger partial charge in [0.15, 0.2) is 11.5 Å². The van der Waals surface area contributed by atoms with Gasteiger partial charge in [-0.05, 0) is 18.1 Å². The van der Waals surface area contributed by atoms with Crippen molar-refractivity contribution < 1.29 is 19.7 Å². The number of para-hydroxylation sites is 1. The molecule has 0 unspecified atom stereocenters. The molecule has 0 bridgehead atoms. The zero-order chi connectivity index (χ0) is 13.1. The van der Waals surface area contributed by atoms with Crippen LogP contribution < -0.4 is 4.74 Å². The minimum atomic E-state index is -1.41. The van der Waals surface area contributed by atoms with Gasteiger partial charge in [0.1, 0.15) is 0 Å². The molecule has 5 heteroatoms. The van der Waals surface area contributed by atoms with Crippen LogP contribution in [0.3, 0.4) is 0 Å². The van der Waals surface area contributed by atoms with Gasteiger partial charge in [0.2, 0.25) is 0 Å². The summed E-state index contributed by atoms with van der Waals surface area (Å²) in [7, 11) is -1.18. The Balaban J connectivity index is 2.83. The van der Waals surface area contributed by atoms with Gasteiger partial charge in [-0.25, -0.2) is 4.79 Å². The molecule has 0 spiro atoms. The number of carboxylic acid groups (broad SMARTS) is 1. The molecule has 0 radical (unpaired) electrons. The predicted octanol–water partition coefficient (Wildman–Crippen LogP) is 3.33. The molecule has 0 heterocycles. The molecule has 1 aromatic carbocycles. The summed E-state index contributed by atoms with van der Waals surface area (Å²) in [4.78, 5) is 10.4. The summed E-state index contributed by atoms with van der Waals surface area (Å²) in [5.74, 6) is -0.0567. The first-order chi connectivity index (χ1) is 7.79. The summed E-state index contributed by atoms with van der Waals surface area (Å²) >= 11 is 0. The van der Waals surface area contributed by atoms with E-state index in [1.54, 1.807) is 12.1 Å². The van der Waals surface area contributed by atoms with Crippen molar-refractivity contribution in [2.24, 2.45) is 0 Å². The number of aromatic hydroxyl groups is 1. The molecule has 0 aliphatic carbocycles. The predicted molar refractivity (Wildman–Crippen MR) is 68.6 cm³/mol. The zero-order valence-corrected chi connectivity index (χ0v) is 11.4. The number of carbonyl (C=O) groups is 1. The quantitative estimate of drug-likeness (QED) is 0.491. The lowest BCUT2D eigenvalue weighted by Gasteiger charge is -2.16. The second-order valence-corrected chi connectivity index (χ2v) is 10.8. The average Bonchev–Trinajstić information content (AvgIpc) is 2.17. The lowest BCUT2D eigenvalue weighted by molar-refractivity contribution is 0.143. The molecule has 1 aromatic rings. The van der Waals surface area contributed by atoms with Gasteiger partial charge in [0.05, 0.1) is 0 Å². The van der Waals surface area contributed by atoms with E-state index in [9.17, 15) is 9.90 Å². The van der Waals surface area contributed by atoms with Gasteiger partial charge >= 0.3 is 6.16 Å². The number of phenols is 1. The third-order valence-electron chi connectivity index (χ3n) is 2.42. The van der Waals surface area contributed by atoms with E-state index in [4.69, 9.17) is 5.11 Å². The van der Waals surface area contributed by atoms with E-state index in [-0.39, 0.29) is 11.5 Å². The monoisotopic (exact) mass is 254 g/mol. The molecular weight excluding hydrogens is 236 g/mol. The van der Waals surface area contributed by atoms with E-state index in [2.05, 4.69) is 24.4 Å². The zero-order valence-electron chi connectivity index (χ0n) is 10.4. The number of rotatable bonds is 4. The lowest BCUT2D eigenvalue weighted by Crippen LogP contribution is -2.19. The summed E-state index contributed by atoms with van der Waals surface area (Å²) in [6.07, 6.45) is -0.666. The molecule has 17 heavy (non-hydrogen) atoms. The smallest absolute Gasteiger partial charge is 0.504 e. The van der Waals surface area contributed by atoms with Crippen LogP contribution in [0.2, 0.25) is 25.7 Å². The van der Waals surface area contributed by atoms with Crippen molar-refractivity contribution in [3.05, 3.63) is 23.8 Å². The first kappa shape index (κ1) is 13.6. The van der Waals surface area contributed by atoms with E-state index in [1.807, 2.05) is 0 Å². The van der Waals surface area contributed by atoms with Gasteiger partial charge in [-0.3, -0.25) is 0 Å². The van der Waals surface area contributed by atoms with Crippen molar-refractivity contribution in [1.29, 1.82) is 0 Å². The summed E-state index contributed by atoms with van der Waals surface area (Å²) < 4.78 is 4.50. The molecule has 0 aromatic heterocycles. The van der Waals surface area contributed by atoms with Crippen LogP contribution in [0.15, 0.2) is 18.2 Å². The average molecular weight is 254 g/mol.